The van der Waals surface area contributed by atoms with Crippen LogP contribution in [0.1, 0.15) is 38.3 Å². The van der Waals surface area contributed by atoms with Crippen molar-refractivity contribution >= 4 is 0 Å². The first-order valence-electron chi connectivity index (χ1n) is 5.11. The molecule has 76 valence electrons. The van der Waals surface area contributed by atoms with E-state index < -0.39 is 0 Å². The number of rotatable bonds is 1. The van der Waals surface area contributed by atoms with E-state index in [1.54, 1.807) is 6.07 Å². The molecule has 1 aromatic carbocycles. The second-order valence-electron chi connectivity index (χ2n) is 4.64. The number of hydrogen-bond acceptors (Lipinski definition) is 1. The smallest absolute Gasteiger partial charge is 0.127 e. The second-order valence-corrected chi connectivity index (χ2v) is 4.64. The van der Waals surface area contributed by atoms with E-state index in [4.69, 9.17) is 0 Å². The molecule has 1 aromatic rings. The molecule has 0 radical (unpaired) electrons. The molecule has 0 spiro atoms. The molecule has 1 heterocycles. The van der Waals surface area contributed by atoms with E-state index in [2.05, 4.69) is 19.2 Å². The largest absolute Gasteiger partial charge is 0.305 e. The standard InChI is InChI=1S/C12H16FN/c1-12(2)8-7-11(14-12)9-5-3-4-6-10(9)13/h3-6,11,14H,7-8H2,1-2H3. The van der Waals surface area contributed by atoms with Gasteiger partial charge in [-0.3, -0.25) is 0 Å². The van der Waals surface area contributed by atoms with E-state index in [0.717, 1.165) is 18.4 Å². The summed E-state index contributed by atoms with van der Waals surface area (Å²) in [6.45, 7) is 4.32. The first-order chi connectivity index (χ1) is 6.58. The molecule has 2 rings (SSSR count). The van der Waals surface area contributed by atoms with Crippen LogP contribution in [0.2, 0.25) is 0 Å². The summed E-state index contributed by atoms with van der Waals surface area (Å²) in [4.78, 5) is 0. The van der Waals surface area contributed by atoms with Crippen LogP contribution < -0.4 is 5.32 Å². The minimum atomic E-state index is -0.0947. The zero-order valence-electron chi connectivity index (χ0n) is 8.68. The molecule has 0 bridgehead atoms. The quantitative estimate of drug-likeness (QED) is 0.723. The minimum Gasteiger partial charge on any atom is -0.305 e. The van der Waals surface area contributed by atoms with Gasteiger partial charge < -0.3 is 5.32 Å². The van der Waals surface area contributed by atoms with Gasteiger partial charge in [-0.1, -0.05) is 18.2 Å². The highest BCUT2D eigenvalue weighted by molar-refractivity contribution is 5.23. The Morgan fingerprint density at radius 3 is 2.64 bits per heavy atom. The van der Waals surface area contributed by atoms with Crippen molar-refractivity contribution in [1.82, 2.24) is 5.32 Å². The Balaban J connectivity index is 2.22. The average molecular weight is 193 g/mol. The van der Waals surface area contributed by atoms with Gasteiger partial charge in [-0.15, -0.1) is 0 Å². The van der Waals surface area contributed by atoms with Crippen LogP contribution in [-0.2, 0) is 0 Å². The van der Waals surface area contributed by atoms with Crippen LogP contribution in [-0.4, -0.2) is 5.54 Å². The van der Waals surface area contributed by atoms with Gasteiger partial charge in [0.25, 0.3) is 0 Å². The van der Waals surface area contributed by atoms with E-state index >= 15 is 0 Å². The van der Waals surface area contributed by atoms with Crippen molar-refractivity contribution in [2.75, 3.05) is 0 Å². The van der Waals surface area contributed by atoms with Crippen LogP contribution in [0.15, 0.2) is 24.3 Å². The Morgan fingerprint density at radius 2 is 2.07 bits per heavy atom. The second kappa shape index (κ2) is 3.35. The van der Waals surface area contributed by atoms with Crippen LogP contribution in [0.4, 0.5) is 4.39 Å². The molecule has 1 unspecified atom stereocenters. The van der Waals surface area contributed by atoms with Gasteiger partial charge in [-0.05, 0) is 32.8 Å². The van der Waals surface area contributed by atoms with Crippen LogP contribution in [0.3, 0.4) is 0 Å². The van der Waals surface area contributed by atoms with E-state index in [0.29, 0.717) is 0 Å². The molecule has 0 saturated carbocycles. The highest BCUT2D eigenvalue weighted by Crippen LogP contribution is 2.33. The molecule has 2 heteroatoms. The predicted octanol–water partition coefficient (Wildman–Crippen LogP) is 3.03. The zero-order valence-corrected chi connectivity index (χ0v) is 8.68. The molecular formula is C12H16FN. The highest BCUT2D eigenvalue weighted by Gasteiger charge is 2.31. The summed E-state index contributed by atoms with van der Waals surface area (Å²) in [7, 11) is 0. The molecule has 1 nitrogen and oxygen atoms in total. The maximum absolute atomic E-state index is 13.5. The number of hydrogen-bond donors (Lipinski definition) is 1. The Morgan fingerprint density at radius 1 is 1.36 bits per heavy atom. The Kier molecular flexibility index (Phi) is 2.31. The minimum absolute atomic E-state index is 0.0947. The van der Waals surface area contributed by atoms with Crippen LogP contribution in [0, 0.1) is 5.82 Å². The van der Waals surface area contributed by atoms with Crippen molar-refractivity contribution in [3.63, 3.8) is 0 Å². The first-order valence-corrected chi connectivity index (χ1v) is 5.11. The van der Waals surface area contributed by atoms with Gasteiger partial charge in [0.15, 0.2) is 0 Å². The third-order valence-corrected chi connectivity index (χ3v) is 2.90. The van der Waals surface area contributed by atoms with Gasteiger partial charge in [-0.25, -0.2) is 4.39 Å². The van der Waals surface area contributed by atoms with Gasteiger partial charge in [0, 0.05) is 17.1 Å². The molecule has 1 aliphatic heterocycles. The van der Waals surface area contributed by atoms with Crippen LogP contribution in [0.5, 0.6) is 0 Å². The van der Waals surface area contributed by atoms with Gasteiger partial charge in [0.05, 0.1) is 0 Å². The molecule has 1 aliphatic rings. The van der Waals surface area contributed by atoms with Crippen molar-refractivity contribution in [3.8, 4) is 0 Å². The van der Waals surface area contributed by atoms with Crippen molar-refractivity contribution in [3.05, 3.63) is 35.6 Å². The Bertz CT molecular complexity index is 333. The molecule has 1 saturated heterocycles. The molecule has 14 heavy (non-hydrogen) atoms. The van der Waals surface area contributed by atoms with Crippen LogP contribution >= 0.6 is 0 Å². The SMILES string of the molecule is CC1(C)CCC(c2ccccc2F)N1. The predicted molar refractivity (Wildman–Crippen MR) is 55.6 cm³/mol. The highest BCUT2D eigenvalue weighted by atomic mass is 19.1. The maximum atomic E-state index is 13.5. The molecule has 1 atom stereocenters. The van der Waals surface area contributed by atoms with E-state index in [9.17, 15) is 4.39 Å². The molecule has 0 aliphatic carbocycles. The fraction of sp³-hybridized carbons (Fsp3) is 0.500. The summed E-state index contributed by atoms with van der Waals surface area (Å²) < 4.78 is 13.5. The molecule has 1 fully saturated rings. The molecular weight excluding hydrogens is 177 g/mol. The lowest BCUT2D eigenvalue weighted by Gasteiger charge is -2.20. The first kappa shape index (κ1) is 9.66. The Labute approximate surface area is 84.3 Å². The summed E-state index contributed by atoms with van der Waals surface area (Å²) in [5, 5.41) is 3.45. The van der Waals surface area contributed by atoms with Crippen LogP contribution in [0.25, 0.3) is 0 Å². The molecule has 1 N–H and O–H groups in total. The zero-order chi connectivity index (χ0) is 10.2. The normalized spacial score (nSPS) is 25.2. The fourth-order valence-corrected chi connectivity index (χ4v) is 2.11. The summed E-state index contributed by atoms with van der Waals surface area (Å²) in [6, 6.07) is 7.22. The lowest BCUT2D eigenvalue weighted by Crippen LogP contribution is -2.33. The topological polar surface area (TPSA) is 12.0 Å². The lowest BCUT2D eigenvalue weighted by atomic mass is 10.0. The summed E-state index contributed by atoms with van der Waals surface area (Å²) >= 11 is 0. The van der Waals surface area contributed by atoms with E-state index in [1.165, 1.54) is 6.07 Å². The van der Waals surface area contributed by atoms with Gasteiger partial charge >= 0.3 is 0 Å². The maximum Gasteiger partial charge on any atom is 0.127 e. The fourth-order valence-electron chi connectivity index (χ4n) is 2.11. The van der Waals surface area contributed by atoms with Crippen molar-refractivity contribution in [2.24, 2.45) is 0 Å². The molecule has 0 amide bonds. The summed E-state index contributed by atoms with van der Waals surface area (Å²) in [5.41, 5.74) is 0.950. The van der Waals surface area contributed by atoms with Crippen molar-refractivity contribution in [1.29, 1.82) is 0 Å². The van der Waals surface area contributed by atoms with Gasteiger partial charge in [0.2, 0.25) is 0 Å². The number of halogens is 1. The number of nitrogens with one attached hydrogen (secondary N) is 1. The van der Waals surface area contributed by atoms with Crippen molar-refractivity contribution < 1.29 is 4.39 Å². The number of benzene rings is 1. The van der Waals surface area contributed by atoms with Gasteiger partial charge in [0.1, 0.15) is 5.82 Å². The monoisotopic (exact) mass is 193 g/mol. The van der Waals surface area contributed by atoms with Crippen molar-refractivity contribution in [2.45, 2.75) is 38.3 Å². The van der Waals surface area contributed by atoms with Gasteiger partial charge in [-0.2, -0.15) is 0 Å². The lowest BCUT2D eigenvalue weighted by molar-refractivity contribution is 0.427. The molecule has 0 aromatic heterocycles. The summed E-state index contributed by atoms with van der Waals surface area (Å²) in [6.07, 6.45) is 2.12. The Hall–Kier alpha value is -0.890. The van der Waals surface area contributed by atoms with E-state index in [1.807, 2.05) is 12.1 Å². The third-order valence-electron chi connectivity index (χ3n) is 2.90. The third kappa shape index (κ3) is 1.80. The summed E-state index contributed by atoms with van der Waals surface area (Å²) in [5.74, 6) is -0.0947. The van der Waals surface area contributed by atoms with E-state index in [-0.39, 0.29) is 17.4 Å². The average Bonchev–Trinajstić information content (AvgIpc) is 2.47.